The molecular weight excluding hydrogens is 596 g/mol. The maximum Gasteiger partial charge on any atom is 0.306 e. The molecule has 2 fully saturated rings. The highest BCUT2D eigenvalue weighted by molar-refractivity contribution is 5.88. The first-order valence-corrected chi connectivity index (χ1v) is 17.2. The maximum absolute atomic E-state index is 12.7. The number of nitrogens with zero attached hydrogens (tertiary/aromatic N) is 2. The van der Waals surface area contributed by atoms with Crippen LogP contribution in [-0.4, -0.2) is 58.9 Å². The summed E-state index contributed by atoms with van der Waals surface area (Å²) in [4.78, 5) is 41.4. The fraction of sp³-hybridized carbons (Fsp3) is 0.452. The van der Waals surface area contributed by atoms with Crippen molar-refractivity contribution in [1.29, 1.82) is 0 Å². The largest absolute Gasteiger partial charge is 0.481 e. The van der Waals surface area contributed by atoms with E-state index in [-0.39, 0.29) is 23.7 Å². The monoisotopic (exact) mass is 646 g/mol. The molecule has 0 bridgehead atoms. The van der Waals surface area contributed by atoms with E-state index in [1.54, 1.807) is 12.2 Å². The third-order valence-electron chi connectivity index (χ3n) is 10.3. The van der Waals surface area contributed by atoms with E-state index >= 15 is 0 Å². The fourth-order valence-electron chi connectivity index (χ4n) is 6.78. The van der Waals surface area contributed by atoms with E-state index in [9.17, 15) is 19.5 Å². The molecular formula is C42H50N2O4. The van der Waals surface area contributed by atoms with Crippen LogP contribution in [0.3, 0.4) is 0 Å². The number of rotatable bonds is 7. The van der Waals surface area contributed by atoms with Gasteiger partial charge < -0.3 is 14.9 Å². The Morgan fingerprint density at radius 2 is 1.00 bits per heavy atom. The number of aliphatic carboxylic acids is 1. The topological polar surface area (TPSA) is 77.9 Å². The summed E-state index contributed by atoms with van der Waals surface area (Å²) >= 11 is 0. The fourth-order valence-corrected chi connectivity index (χ4v) is 6.78. The van der Waals surface area contributed by atoms with Gasteiger partial charge in [-0.15, -0.1) is 0 Å². The Balaban J connectivity index is 1.19. The minimum Gasteiger partial charge on any atom is -0.481 e. The second-order valence-corrected chi connectivity index (χ2v) is 13.7. The molecule has 0 radical (unpaired) electrons. The Bertz CT molecular complexity index is 1530. The standard InChI is InChI=1S/C42H50N2O4/c1-29-23-37(24-30(2)33(29)5)11-7-9-13-40(45)43-19-15-35(16-20-43)27-39(42(47)48)28-36-17-21-44(22-18-36)41(46)14-10-8-12-38-25-31(3)34(6)32(4)26-38/h9-10,13-14,23-26,35-36,39H,15-22,27-28H2,1-6H3,(H,47,48)/b13-9+,14-10+. The van der Waals surface area contributed by atoms with Crippen molar-refractivity contribution in [2.24, 2.45) is 17.8 Å². The summed E-state index contributed by atoms with van der Waals surface area (Å²) in [7, 11) is 0. The molecule has 0 aromatic heterocycles. The van der Waals surface area contributed by atoms with Crippen LogP contribution in [-0.2, 0) is 14.4 Å². The Labute approximate surface area is 287 Å². The molecule has 2 saturated heterocycles. The van der Waals surface area contributed by atoms with Gasteiger partial charge >= 0.3 is 5.97 Å². The Morgan fingerprint density at radius 1 is 0.667 bits per heavy atom. The predicted octanol–water partition coefficient (Wildman–Crippen LogP) is 7.01. The molecule has 0 aliphatic carbocycles. The molecule has 0 atom stereocenters. The summed E-state index contributed by atoms with van der Waals surface area (Å²) in [5.74, 6) is 11.5. The molecule has 2 aromatic rings. The third kappa shape index (κ3) is 10.2. The zero-order valence-corrected chi connectivity index (χ0v) is 29.5. The molecule has 2 aliphatic heterocycles. The summed E-state index contributed by atoms with van der Waals surface area (Å²) in [6.07, 6.45) is 10.8. The van der Waals surface area contributed by atoms with Gasteiger partial charge in [0.05, 0.1) is 5.92 Å². The Hall–Kier alpha value is -4.55. The van der Waals surface area contributed by atoms with Crippen molar-refractivity contribution >= 4 is 17.8 Å². The lowest BCUT2D eigenvalue weighted by atomic mass is 9.80. The number of carbonyl (C=O) groups excluding carboxylic acids is 2. The lowest BCUT2D eigenvalue weighted by molar-refractivity contribution is -0.144. The molecule has 252 valence electrons. The molecule has 2 aliphatic rings. The van der Waals surface area contributed by atoms with Crippen molar-refractivity contribution in [3.8, 4) is 23.7 Å². The average Bonchev–Trinajstić information content (AvgIpc) is 3.06. The number of carboxylic acid groups (broad SMARTS) is 1. The summed E-state index contributed by atoms with van der Waals surface area (Å²) in [6, 6.07) is 8.26. The zero-order valence-electron chi connectivity index (χ0n) is 29.5. The molecule has 2 heterocycles. The second-order valence-electron chi connectivity index (χ2n) is 13.7. The Morgan fingerprint density at radius 3 is 1.31 bits per heavy atom. The average molecular weight is 647 g/mol. The van der Waals surface area contributed by atoms with Crippen LogP contribution in [0.25, 0.3) is 0 Å². The summed E-state index contributed by atoms with van der Waals surface area (Å²) in [5, 5.41) is 10.0. The van der Waals surface area contributed by atoms with Gasteiger partial charge in [-0.2, -0.15) is 0 Å². The van der Waals surface area contributed by atoms with Crippen molar-refractivity contribution in [2.45, 2.75) is 80.1 Å². The molecule has 1 N–H and O–H groups in total. The van der Waals surface area contributed by atoms with Crippen LogP contribution in [0.4, 0.5) is 0 Å². The van der Waals surface area contributed by atoms with Crippen LogP contribution in [0, 0.1) is 83.0 Å². The number of aryl methyl sites for hydroxylation is 4. The van der Waals surface area contributed by atoms with Gasteiger partial charge in [-0.3, -0.25) is 14.4 Å². The highest BCUT2D eigenvalue weighted by atomic mass is 16.4. The van der Waals surface area contributed by atoms with Gasteiger partial charge in [0.15, 0.2) is 0 Å². The van der Waals surface area contributed by atoms with Gasteiger partial charge in [-0.25, -0.2) is 0 Å². The van der Waals surface area contributed by atoms with Crippen molar-refractivity contribution in [3.63, 3.8) is 0 Å². The minimum atomic E-state index is -0.743. The number of hydrogen-bond donors (Lipinski definition) is 1. The normalized spacial score (nSPS) is 15.8. The van der Waals surface area contributed by atoms with E-state index < -0.39 is 11.9 Å². The molecule has 2 amide bonds. The number of hydrogen-bond acceptors (Lipinski definition) is 3. The molecule has 2 aromatic carbocycles. The molecule has 6 nitrogen and oxygen atoms in total. The van der Waals surface area contributed by atoms with Gasteiger partial charge in [0.2, 0.25) is 11.8 Å². The van der Waals surface area contributed by atoms with Gasteiger partial charge in [0, 0.05) is 49.5 Å². The highest BCUT2D eigenvalue weighted by Crippen LogP contribution is 2.31. The molecule has 48 heavy (non-hydrogen) atoms. The smallest absolute Gasteiger partial charge is 0.306 e. The van der Waals surface area contributed by atoms with E-state index in [1.165, 1.54) is 45.5 Å². The lowest BCUT2D eigenvalue weighted by Crippen LogP contribution is -2.39. The highest BCUT2D eigenvalue weighted by Gasteiger charge is 2.31. The van der Waals surface area contributed by atoms with Crippen LogP contribution in [0.15, 0.2) is 48.6 Å². The van der Waals surface area contributed by atoms with Crippen LogP contribution in [0.1, 0.15) is 83.0 Å². The lowest BCUT2D eigenvalue weighted by Gasteiger charge is -2.35. The summed E-state index contributed by atoms with van der Waals surface area (Å²) < 4.78 is 0. The first kappa shape index (κ1) is 36.3. The number of benzene rings is 2. The van der Waals surface area contributed by atoms with Crippen LogP contribution >= 0.6 is 0 Å². The number of amides is 2. The quantitative estimate of drug-likeness (QED) is 0.259. The SMILES string of the molecule is Cc1cc(C#C/C=C/C(=O)N2CCC(CC(CC3CCN(C(=O)/C=C/C#Cc4cc(C)c(C)c(C)c4)CC3)C(=O)O)CC2)cc(C)c1C. The van der Waals surface area contributed by atoms with Crippen LogP contribution in [0.5, 0.6) is 0 Å². The minimum absolute atomic E-state index is 0.0477. The molecule has 0 spiro atoms. The van der Waals surface area contributed by atoms with E-state index in [1.807, 2.05) is 9.80 Å². The third-order valence-corrected chi connectivity index (χ3v) is 10.3. The van der Waals surface area contributed by atoms with Crippen molar-refractivity contribution in [1.82, 2.24) is 9.80 Å². The zero-order chi connectivity index (χ0) is 34.8. The number of carbonyl (C=O) groups is 3. The number of carboxylic acids is 1. The van der Waals surface area contributed by atoms with E-state index in [4.69, 9.17) is 0 Å². The summed E-state index contributed by atoms with van der Waals surface area (Å²) in [5.41, 5.74) is 9.26. The van der Waals surface area contributed by atoms with Gasteiger partial charge in [0.25, 0.3) is 0 Å². The molecule has 6 heteroatoms. The maximum atomic E-state index is 12.7. The molecule has 4 rings (SSSR count). The first-order valence-electron chi connectivity index (χ1n) is 17.2. The first-order chi connectivity index (χ1) is 22.9. The molecule has 0 unspecified atom stereocenters. The van der Waals surface area contributed by atoms with E-state index in [2.05, 4.69) is 89.5 Å². The van der Waals surface area contributed by atoms with Gasteiger partial charge in [0.1, 0.15) is 0 Å². The van der Waals surface area contributed by atoms with Crippen molar-refractivity contribution in [2.75, 3.05) is 26.2 Å². The predicted molar refractivity (Wildman–Crippen MR) is 192 cm³/mol. The Kier molecular flexibility index (Phi) is 12.9. The van der Waals surface area contributed by atoms with Crippen molar-refractivity contribution < 1.29 is 19.5 Å². The van der Waals surface area contributed by atoms with Crippen molar-refractivity contribution in [3.05, 3.63) is 93.1 Å². The van der Waals surface area contributed by atoms with Crippen LogP contribution < -0.4 is 0 Å². The van der Waals surface area contributed by atoms with E-state index in [0.29, 0.717) is 39.0 Å². The summed E-state index contributed by atoms with van der Waals surface area (Å²) in [6.45, 7) is 15.0. The van der Waals surface area contributed by atoms with E-state index in [0.717, 1.165) is 36.8 Å². The molecule has 0 saturated carbocycles. The number of piperidine rings is 2. The second kappa shape index (κ2) is 17.0. The van der Waals surface area contributed by atoms with Crippen LogP contribution in [0.2, 0.25) is 0 Å². The van der Waals surface area contributed by atoms with Gasteiger partial charge in [-0.1, -0.05) is 23.7 Å². The number of allylic oxidation sites excluding steroid dienone is 2. The van der Waals surface area contributed by atoms with Gasteiger partial charge in [-0.05, 0) is 162 Å². The number of likely N-dealkylation sites (tertiary alicyclic amines) is 2.